The summed E-state index contributed by atoms with van der Waals surface area (Å²) < 4.78 is 8.70. The zero-order chi connectivity index (χ0) is 25.1. The minimum Gasteiger partial charge on any atom is -0.468 e. The number of rotatable bonds is 7. The fraction of sp³-hybridized carbons (Fsp3) is 0.129. The van der Waals surface area contributed by atoms with Gasteiger partial charge in [-0.05, 0) is 41.5 Å². The molecule has 0 amide bonds. The highest BCUT2D eigenvalue weighted by Gasteiger charge is 2.52. The van der Waals surface area contributed by atoms with Gasteiger partial charge in [0, 0.05) is 39.9 Å². The normalized spacial score (nSPS) is 13.6. The van der Waals surface area contributed by atoms with Crippen LogP contribution in [-0.2, 0) is 22.0 Å². The Morgan fingerprint density at radius 3 is 2.14 bits per heavy atom. The van der Waals surface area contributed by atoms with E-state index < -0.39 is 11.5 Å². The molecule has 1 heterocycles. The molecule has 1 N–H and O–H groups in total. The first-order chi connectivity index (χ1) is 17.6. The van der Waals surface area contributed by atoms with E-state index in [4.69, 9.17) is 4.74 Å². The number of aromatic nitrogens is 1. The molecule has 0 fully saturated rings. The molecule has 5 rings (SSSR count). The van der Waals surface area contributed by atoms with Crippen molar-refractivity contribution in [3.05, 3.63) is 137 Å². The number of nitrogens with one attached hydrogen (secondary N) is 1. The van der Waals surface area contributed by atoms with E-state index in [-0.39, 0.29) is 5.97 Å². The van der Waals surface area contributed by atoms with Crippen molar-refractivity contribution < 1.29 is 9.53 Å². The molecule has 2 atom stereocenters. The average Bonchev–Trinajstić information content (AvgIpc) is 3.26. The Labute approximate surface area is 219 Å². The second-order valence-electron chi connectivity index (χ2n) is 8.83. The van der Waals surface area contributed by atoms with Gasteiger partial charge in [-0.3, -0.25) is 4.79 Å². The first-order valence-corrected chi connectivity index (χ1v) is 12.6. The summed E-state index contributed by atoms with van der Waals surface area (Å²) in [6.45, 7) is 0. The van der Waals surface area contributed by atoms with Gasteiger partial charge in [-0.2, -0.15) is 0 Å². The van der Waals surface area contributed by atoms with Crippen molar-refractivity contribution in [3.63, 3.8) is 0 Å². The lowest BCUT2D eigenvalue weighted by Crippen LogP contribution is -2.46. The number of methoxy groups -OCH3 is 1. The molecule has 180 valence electrons. The highest BCUT2D eigenvalue weighted by molar-refractivity contribution is 9.10. The van der Waals surface area contributed by atoms with Crippen LogP contribution >= 0.6 is 15.9 Å². The number of hydrogen-bond donors (Lipinski definition) is 1. The quantitative estimate of drug-likeness (QED) is 0.222. The maximum Gasteiger partial charge on any atom is 0.323 e. The molecule has 4 aromatic carbocycles. The average molecular weight is 539 g/mol. The van der Waals surface area contributed by atoms with Crippen LogP contribution in [0.2, 0.25) is 0 Å². The Morgan fingerprint density at radius 1 is 0.861 bits per heavy atom. The summed E-state index contributed by atoms with van der Waals surface area (Å²) in [5, 5.41) is 4.72. The van der Waals surface area contributed by atoms with Crippen molar-refractivity contribution in [1.82, 2.24) is 4.57 Å². The number of fused-ring (bicyclic) bond motifs is 1. The van der Waals surface area contributed by atoms with Gasteiger partial charge in [-0.15, -0.1) is 0 Å². The predicted octanol–water partition coefficient (Wildman–Crippen LogP) is 7.25. The Bertz CT molecular complexity index is 1480. The second kappa shape index (κ2) is 10.0. The molecule has 0 aliphatic rings. The number of esters is 1. The SMILES string of the molecule is COC(=O)[C@](c1ccccc1)(c1cn(C)c2ccccc12)[C@H](Nc1ccccc1)c1ccc(Br)cc1. The Balaban J connectivity index is 1.90. The molecule has 0 saturated carbocycles. The van der Waals surface area contributed by atoms with Crippen molar-refractivity contribution in [3.8, 4) is 0 Å². The van der Waals surface area contributed by atoms with E-state index in [1.807, 2.05) is 92.0 Å². The van der Waals surface area contributed by atoms with Gasteiger partial charge in [0.05, 0.1) is 13.2 Å². The van der Waals surface area contributed by atoms with E-state index in [2.05, 4.69) is 56.3 Å². The monoisotopic (exact) mass is 538 g/mol. The largest absolute Gasteiger partial charge is 0.468 e. The van der Waals surface area contributed by atoms with E-state index in [1.165, 1.54) is 7.11 Å². The van der Waals surface area contributed by atoms with Crippen LogP contribution in [0.5, 0.6) is 0 Å². The molecule has 36 heavy (non-hydrogen) atoms. The van der Waals surface area contributed by atoms with E-state index in [9.17, 15) is 4.79 Å². The summed E-state index contributed by atoms with van der Waals surface area (Å²) in [5.74, 6) is -0.332. The first-order valence-electron chi connectivity index (χ1n) is 11.8. The number of anilines is 1. The number of carbonyl (C=O) groups is 1. The summed E-state index contributed by atoms with van der Waals surface area (Å²) in [6, 6.07) is 35.7. The van der Waals surface area contributed by atoms with Gasteiger partial charge in [0.1, 0.15) is 5.41 Å². The van der Waals surface area contributed by atoms with Gasteiger partial charge < -0.3 is 14.6 Å². The number of hydrogen-bond acceptors (Lipinski definition) is 3. The van der Waals surface area contributed by atoms with Crippen molar-refractivity contribution in [2.75, 3.05) is 12.4 Å². The minimum atomic E-state index is -1.19. The lowest BCUT2D eigenvalue weighted by atomic mass is 9.66. The Hall–Kier alpha value is -3.83. The third-order valence-electron chi connectivity index (χ3n) is 6.78. The first kappa shape index (κ1) is 23.9. The zero-order valence-corrected chi connectivity index (χ0v) is 21.8. The number of aryl methyl sites for hydroxylation is 1. The smallest absolute Gasteiger partial charge is 0.323 e. The highest BCUT2D eigenvalue weighted by atomic mass is 79.9. The zero-order valence-electron chi connectivity index (χ0n) is 20.2. The molecular formula is C31H27BrN2O2. The molecule has 0 saturated heterocycles. The fourth-order valence-electron chi connectivity index (χ4n) is 5.14. The van der Waals surface area contributed by atoms with E-state index in [0.29, 0.717) is 0 Å². The second-order valence-corrected chi connectivity index (χ2v) is 9.75. The standard InChI is InChI=1S/C31H27BrN2O2/c1-34-21-27(26-15-9-10-16-28(26)34)31(30(35)36-2,23-11-5-3-6-12-23)29(22-17-19-24(32)20-18-22)33-25-13-7-4-8-14-25/h3-21,29,33H,1-2H3/t29-,31-/m1/s1. The maximum atomic E-state index is 14.3. The number of carbonyl (C=O) groups excluding carboxylic acids is 1. The predicted molar refractivity (Wildman–Crippen MR) is 149 cm³/mol. The third-order valence-corrected chi connectivity index (χ3v) is 7.31. The summed E-state index contributed by atoms with van der Waals surface area (Å²) >= 11 is 3.56. The topological polar surface area (TPSA) is 43.3 Å². The molecule has 0 bridgehead atoms. The van der Waals surface area contributed by atoms with Crippen molar-refractivity contribution in [2.45, 2.75) is 11.5 Å². The molecule has 5 heteroatoms. The fourth-order valence-corrected chi connectivity index (χ4v) is 5.40. The molecule has 0 aliphatic heterocycles. The van der Waals surface area contributed by atoms with Gasteiger partial charge in [0.2, 0.25) is 0 Å². The third kappa shape index (κ3) is 4.10. The summed E-state index contributed by atoms with van der Waals surface area (Å²) in [6.07, 6.45) is 2.06. The molecule has 0 spiro atoms. The van der Waals surface area contributed by atoms with Crippen LogP contribution in [0.25, 0.3) is 10.9 Å². The van der Waals surface area contributed by atoms with Crippen molar-refractivity contribution in [2.24, 2.45) is 7.05 Å². The summed E-state index contributed by atoms with van der Waals surface area (Å²) in [7, 11) is 3.48. The Kier molecular flexibility index (Phi) is 6.66. The Morgan fingerprint density at radius 2 is 1.47 bits per heavy atom. The van der Waals surface area contributed by atoms with Crippen LogP contribution in [0.3, 0.4) is 0 Å². The lowest BCUT2D eigenvalue weighted by Gasteiger charge is -2.40. The highest BCUT2D eigenvalue weighted by Crippen LogP contribution is 2.48. The van der Waals surface area contributed by atoms with Crippen LogP contribution < -0.4 is 5.32 Å². The number of ether oxygens (including phenoxy) is 1. The van der Waals surface area contributed by atoms with E-state index in [0.717, 1.165) is 37.8 Å². The number of para-hydroxylation sites is 2. The molecule has 0 radical (unpaired) electrons. The summed E-state index contributed by atoms with van der Waals surface area (Å²) in [5.41, 5.74) is 3.46. The van der Waals surface area contributed by atoms with Crippen LogP contribution in [0, 0.1) is 0 Å². The molecule has 0 unspecified atom stereocenters. The maximum absolute atomic E-state index is 14.3. The lowest BCUT2D eigenvalue weighted by molar-refractivity contribution is -0.146. The number of halogens is 1. The van der Waals surface area contributed by atoms with Gasteiger partial charge in [0.15, 0.2) is 0 Å². The van der Waals surface area contributed by atoms with Crippen molar-refractivity contribution >= 4 is 38.5 Å². The molecule has 1 aromatic heterocycles. The van der Waals surface area contributed by atoms with Crippen LogP contribution in [0.1, 0.15) is 22.7 Å². The van der Waals surface area contributed by atoms with Crippen LogP contribution in [-0.4, -0.2) is 17.6 Å². The van der Waals surface area contributed by atoms with Gasteiger partial charge in [-0.25, -0.2) is 0 Å². The number of benzene rings is 4. The van der Waals surface area contributed by atoms with Gasteiger partial charge >= 0.3 is 5.97 Å². The summed E-state index contributed by atoms with van der Waals surface area (Å²) in [4.78, 5) is 14.3. The van der Waals surface area contributed by atoms with E-state index >= 15 is 0 Å². The van der Waals surface area contributed by atoms with Crippen LogP contribution in [0.15, 0.2) is 120 Å². The molecule has 0 aliphatic carbocycles. The minimum absolute atomic E-state index is 0.332. The van der Waals surface area contributed by atoms with Gasteiger partial charge in [-0.1, -0.05) is 94.8 Å². The van der Waals surface area contributed by atoms with Crippen molar-refractivity contribution in [1.29, 1.82) is 0 Å². The molecule has 4 nitrogen and oxygen atoms in total. The number of nitrogens with zero attached hydrogens (tertiary/aromatic N) is 1. The van der Waals surface area contributed by atoms with Crippen LogP contribution in [0.4, 0.5) is 5.69 Å². The molecular weight excluding hydrogens is 512 g/mol. The van der Waals surface area contributed by atoms with E-state index in [1.54, 1.807) is 0 Å². The molecule has 5 aromatic rings. The van der Waals surface area contributed by atoms with Gasteiger partial charge in [0.25, 0.3) is 0 Å².